The SMILES string of the molecule is CN=C(NCc1ccc(F)c(CO)c1)NCc1ccccn1. The minimum absolute atomic E-state index is 0.288. The zero-order valence-electron chi connectivity index (χ0n) is 12.4. The highest BCUT2D eigenvalue weighted by molar-refractivity contribution is 5.79. The average Bonchev–Trinajstić information content (AvgIpc) is 2.57. The molecule has 2 aromatic rings. The van der Waals surface area contributed by atoms with E-state index in [1.54, 1.807) is 25.4 Å². The van der Waals surface area contributed by atoms with Gasteiger partial charge in [-0.25, -0.2) is 4.39 Å². The van der Waals surface area contributed by atoms with E-state index in [0.717, 1.165) is 11.3 Å². The smallest absolute Gasteiger partial charge is 0.191 e. The molecule has 0 aliphatic rings. The largest absolute Gasteiger partial charge is 0.392 e. The summed E-state index contributed by atoms with van der Waals surface area (Å²) in [4.78, 5) is 8.34. The van der Waals surface area contributed by atoms with Crippen molar-refractivity contribution in [3.05, 3.63) is 65.2 Å². The van der Waals surface area contributed by atoms with Crippen molar-refractivity contribution in [1.82, 2.24) is 15.6 Å². The Morgan fingerprint density at radius 3 is 2.73 bits per heavy atom. The van der Waals surface area contributed by atoms with E-state index in [4.69, 9.17) is 5.11 Å². The van der Waals surface area contributed by atoms with Gasteiger partial charge in [-0.1, -0.05) is 12.1 Å². The number of aliphatic hydroxyl groups excluding tert-OH is 1. The van der Waals surface area contributed by atoms with Gasteiger partial charge in [0, 0.05) is 25.4 Å². The number of hydrogen-bond donors (Lipinski definition) is 3. The molecule has 0 bridgehead atoms. The molecule has 3 N–H and O–H groups in total. The topological polar surface area (TPSA) is 69.5 Å². The second kappa shape index (κ2) is 8.09. The van der Waals surface area contributed by atoms with Crippen LogP contribution in [0.2, 0.25) is 0 Å². The van der Waals surface area contributed by atoms with Crippen LogP contribution in [0.15, 0.2) is 47.6 Å². The van der Waals surface area contributed by atoms with Crippen LogP contribution in [-0.2, 0) is 19.7 Å². The molecule has 6 heteroatoms. The summed E-state index contributed by atoms with van der Waals surface area (Å²) in [5.41, 5.74) is 2.07. The Labute approximate surface area is 128 Å². The van der Waals surface area contributed by atoms with E-state index < -0.39 is 5.82 Å². The zero-order valence-corrected chi connectivity index (χ0v) is 12.4. The number of pyridine rings is 1. The Bertz CT molecular complexity index is 631. The lowest BCUT2D eigenvalue weighted by molar-refractivity contribution is 0.275. The number of nitrogens with one attached hydrogen (secondary N) is 2. The van der Waals surface area contributed by atoms with Gasteiger partial charge in [0.05, 0.1) is 18.8 Å². The third-order valence-corrected chi connectivity index (χ3v) is 3.13. The predicted molar refractivity (Wildman–Crippen MR) is 83.6 cm³/mol. The van der Waals surface area contributed by atoms with Gasteiger partial charge in [-0.2, -0.15) is 0 Å². The molecule has 1 aromatic carbocycles. The van der Waals surface area contributed by atoms with Crippen molar-refractivity contribution in [3.63, 3.8) is 0 Å². The number of rotatable bonds is 5. The highest BCUT2D eigenvalue weighted by Crippen LogP contribution is 2.10. The van der Waals surface area contributed by atoms with Gasteiger partial charge >= 0.3 is 0 Å². The predicted octanol–water partition coefficient (Wildman–Crippen LogP) is 1.58. The molecule has 0 spiro atoms. The number of aliphatic hydroxyl groups is 1. The molecule has 22 heavy (non-hydrogen) atoms. The minimum atomic E-state index is -0.399. The summed E-state index contributed by atoms with van der Waals surface area (Å²) in [5.74, 6) is 0.226. The Kier molecular flexibility index (Phi) is 5.85. The van der Waals surface area contributed by atoms with Crippen molar-refractivity contribution in [2.45, 2.75) is 19.7 Å². The van der Waals surface area contributed by atoms with E-state index in [1.807, 2.05) is 18.2 Å². The van der Waals surface area contributed by atoms with Crippen LogP contribution in [0, 0.1) is 5.82 Å². The van der Waals surface area contributed by atoms with Crippen LogP contribution in [0.3, 0.4) is 0 Å². The van der Waals surface area contributed by atoms with Gasteiger partial charge in [0.15, 0.2) is 5.96 Å². The maximum Gasteiger partial charge on any atom is 0.191 e. The van der Waals surface area contributed by atoms with Crippen LogP contribution >= 0.6 is 0 Å². The quantitative estimate of drug-likeness (QED) is 0.579. The van der Waals surface area contributed by atoms with Gasteiger partial charge in [0.1, 0.15) is 5.82 Å². The molecule has 5 nitrogen and oxygen atoms in total. The lowest BCUT2D eigenvalue weighted by atomic mass is 10.1. The number of benzene rings is 1. The molecular weight excluding hydrogens is 283 g/mol. The van der Waals surface area contributed by atoms with E-state index in [-0.39, 0.29) is 12.2 Å². The van der Waals surface area contributed by atoms with Crippen molar-refractivity contribution < 1.29 is 9.50 Å². The molecule has 0 fully saturated rings. The average molecular weight is 302 g/mol. The molecule has 0 radical (unpaired) electrons. The molecule has 0 atom stereocenters. The fraction of sp³-hybridized carbons (Fsp3) is 0.250. The maximum absolute atomic E-state index is 13.3. The van der Waals surface area contributed by atoms with Gasteiger partial charge in [-0.05, 0) is 29.8 Å². The van der Waals surface area contributed by atoms with Crippen LogP contribution in [0.4, 0.5) is 4.39 Å². The molecule has 0 aliphatic heterocycles. The standard InChI is InChI=1S/C16H19FN4O/c1-18-16(21-10-14-4-2-3-7-19-14)20-9-12-5-6-15(17)13(8-12)11-22/h2-8,22H,9-11H2,1H3,(H2,18,20,21). The summed E-state index contributed by atoms with van der Waals surface area (Å²) in [7, 11) is 1.68. The lowest BCUT2D eigenvalue weighted by Crippen LogP contribution is -2.36. The Balaban J connectivity index is 1.88. The van der Waals surface area contributed by atoms with E-state index in [9.17, 15) is 4.39 Å². The first kappa shape index (κ1) is 15.9. The Hall–Kier alpha value is -2.47. The molecule has 0 amide bonds. The Morgan fingerprint density at radius 1 is 1.23 bits per heavy atom. The third-order valence-electron chi connectivity index (χ3n) is 3.13. The zero-order chi connectivity index (χ0) is 15.8. The van der Waals surface area contributed by atoms with Crippen molar-refractivity contribution in [3.8, 4) is 0 Å². The first-order chi connectivity index (χ1) is 10.7. The van der Waals surface area contributed by atoms with E-state index in [0.29, 0.717) is 19.0 Å². The van der Waals surface area contributed by atoms with Crippen molar-refractivity contribution in [2.75, 3.05) is 7.05 Å². The summed E-state index contributed by atoms with van der Waals surface area (Å²) in [5, 5.41) is 15.4. The highest BCUT2D eigenvalue weighted by Gasteiger charge is 2.04. The summed E-state index contributed by atoms with van der Waals surface area (Å²) < 4.78 is 13.3. The number of aliphatic imine (C=N–C) groups is 1. The third kappa shape index (κ3) is 4.53. The Morgan fingerprint density at radius 2 is 2.05 bits per heavy atom. The number of halogens is 1. The van der Waals surface area contributed by atoms with Crippen LogP contribution in [-0.4, -0.2) is 23.1 Å². The second-order valence-corrected chi connectivity index (χ2v) is 4.68. The monoisotopic (exact) mass is 302 g/mol. The molecule has 1 heterocycles. The van der Waals surface area contributed by atoms with Gasteiger partial charge in [0.2, 0.25) is 0 Å². The normalized spacial score (nSPS) is 11.3. The van der Waals surface area contributed by atoms with Gasteiger partial charge in [-0.3, -0.25) is 9.98 Å². The molecule has 116 valence electrons. The minimum Gasteiger partial charge on any atom is -0.392 e. The fourth-order valence-electron chi connectivity index (χ4n) is 1.94. The van der Waals surface area contributed by atoms with Crippen LogP contribution in [0.5, 0.6) is 0 Å². The molecule has 0 unspecified atom stereocenters. The number of nitrogens with zero attached hydrogens (tertiary/aromatic N) is 2. The van der Waals surface area contributed by atoms with Gasteiger partial charge in [-0.15, -0.1) is 0 Å². The van der Waals surface area contributed by atoms with Crippen LogP contribution in [0.25, 0.3) is 0 Å². The molecule has 0 saturated heterocycles. The van der Waals surface area contributed by atoms with Crippen molar-refractivity contribution in [2.24, 2.45) is 4.99 Å². The van der Waals surface area contributed by atoms with Crippen LogP contribution in [0.1, 0.15) is 16.8 Å². The lowest BCUT2D eigenvalue weighted by Gasteiger charge is -2.12. The van der Waals surface area contributed by atoms with Crippen LogP contribution < -0.4 is 10.6 Å². The summed E-state index contributed by atoms with van der Waals surface area (Å²) in [6, 6.07) is 10.4. The van der Waals surface area contributed by atoms with Gasteiger partial charge < -0.3 is 15.7 Å². The number of guanidine groups is 1. The van der Waals surface area contributed by atoms with E-state index in [2.05, 4.69) is 20.6 Å². The summed E-state index contributed by atoms with van der Waals surface area (Å²) >= 11 is 0. The fourth-order valence-corrected chi connectivity index (χ4v) is 1.94. The molecule has 1 aromatic heterocycles. The second-order valence-electron chi connectivity index (χ2n) is 4.68. The summed E-state index contributed by atoms with van der Waals surface area (Å²) in [6.45, 7) is 0.729. The van der Waals surface area contributed by atoms with Crippen molar-refractivity contribution >= 4 is 5.96 Å². The summed E-state index contributed by atoms with van der Waals surface area (Å²) in [6.07, 6.45) is 1.74. The van der Waals surface area contributed by atoms with Crippen molar-refractivity contribution in [1.29, 1.82) is 0 Å². The molecule has 0 aliphatic carbocycles. The number of aromatic nitrogens is 1. The van der Waals surface area contributed by atoms with E-state index in [1.165, 1.54) is 6.07 Å². The molecular formula is C16H19FN4O. The highest BCUT2D eigenvalue weighted by atomic mass is 19.1. The first-order valence-electron chi connectivity index (χ1n) is 6.95. The van der Waals surface area contributed by atoms with E-state index >= 15 is 0 Å². The van der Waals surface area contributed by atoms with Gasteiger partial charge in [0.25, 0.3) is 0 Å². The molecule has 0 saturated carbocycles. The first-order valence-corrected chi connectivity index (χ1v) is 6.95. The molecule has 2 rings (SSSR count). The maximum atomic E-state index is 13.3. The number of hydrogen-bond acceptors (Lipinski definition) is 3.